The number of rotatable bonds is 2. The molecule has 3 N–H and O–H groups in total. The molecular formula is C11H17NO. The molecule has 0 saturated heterocycles. The van der Waals surface area contributed by atoms with Crippen molar-refractivity contribution in [2.75, 3.05) is 7.11 Å². The molecule has 1 saturated carbocycles. The molecule has 2 heteroatoms. The first kappa shape index (κ1) is 10.1. The number of para-hydroxylation sites is 1. The lowest BCUT2D eigenvalue weighted by atomic mass is 10.1. The molecule has 0 radical (unpaired) electrons. The van der Waals surface area contributed by atoms with Crippen molar-refractivity contribution in [3.05, 3.63) is 29.8 Å². The minimum atomic E-state index is 0. The third kappa shape index (κ3) is 1.83. The number of ether oxygens (including phenoxy) is 1. The molecule has 0 bridgehead atoms. The van der Waals surface area contributed by atoms with Crippen LogP contribution in [0.2, 0.25) is 0 Å². The Morgan fingerprint density at radius 1 is 1.31 bits per heavy atom. The van der Waals surface area contributed by atoms with Crippen LogP contribution in [0.15, 0.2) is 24.3 Å². The zero-order chi connectivity index (χ0) is 8.55. The summed E-state index contributed by atoms with van der Waals surface area (Å²) >= 11 is 0. The highest BCUT2D eigenvalue weighted by Gasteiger charge is 2.35. The predicted molar refractivity (Wildman–Crippen MR) is 54.5 cm³/mol. The standard InChI is InChI=1S/C11H14O.H3N/c1-8-7-10(8)9-5-3-4-6-11(9)12-2;/h3-6,8,10H,7H2,1-2H3;1H3. The van der Waals surface area contributed by atoms with Crippen LogP contribution in [-0.4, -0.2) is 7.11 Å². The van der Waals surface area contributed by atoms with Gasteiger partial charge in [0.1, 0.15) is 5.75 Å². The van der Waals surface area contributed by atoms with E-state index in [-0.39, 0.29) is 6.15 Å². The van der Waals surface area contributed by atoms with Gasteiger partial charge in [0.25, 0.3) is 0 Å². The maximum Gasteiger partial charge on any atom is 0.122 e. The summed E-state index contributed by atoms with van der Waals surface area (Å²) in [6, 6.07) is 8.33. The van der Waals surface area contributed by atoms with Crippen molar-refractivity contribution in [1.82, 2.24) is 6.15 Å². The molecule has 2 nitrogen and oxygen atoms in total. The van der Waals surface area contributed by atoms with Crippen molar-refractivity contribution in [2.45, 2.75) is 19.3 Å². The second kappa shape index (κ2) is 3.79. The number of hydrogen-bond acceptors (Lipinski definition) is 2. The molecule has 2 atom stereocenters. The molecule has 0 aromatic heterocycles. The lowest BCUT2D eigenvalue weighted by Crippen LogP contribution is -1.89. The summed E-state index contributed by atoms with van der Waals surface area (Å²) in [5.74, 6) is 2.65. The molecule has 2 rings (SSSR count). The summed E-state index contributed by atoms with van der Waals surface area (Å²) in [5, 5.41) is 0. The molecule has 0 aliphatic heterocycles. The second-order valence-corrected chi connectivity index (χ2v) is 3.56. The van der Waals surface area contributed by atoms with Crippen molar-refractivity contribution in [2.24, 2.45) is 5.92 Å². The van der Waals surface area contributed by atoms with Crippen LogP contribution in [0.1, 0.15) is 24.8 Å². The first-order valence-corrected chi connectivity index (χ1v) is 4.46. The fourth-order valence-corrected chi connectivity index (χ4v) is 1.73. The van der Waals surface area contributed by atoms with Gasteiger partial charge in [-0.05, 0) is 29.9 Å². The van der Waals surface area contributed by atoms with E-state index in [0.29, 0.717) is 0 Å². The van der Waals surface area contributed by atoms with E-state index < -0.39 is 0 Å². The van der Waals surface area contributed by atoms with E-state index in [0.717, 1.165) is 17.6 Å². The fourth-order valence-electron chi connectivity index (χ4n) is 1.73. The average Bonchev–Trinajstić information content (AvgIpc) is 2.83. The van der Waals surface area contributed by atoms with E-state index >= 15 is 0 Å². The smallest absolute Gasteiger partial charge is 0.122 e. The maximum atomic E-state index is 5.29. The Hall–Kier alpha value is -1.02. The van der Waals surface area contributed by atoms with Gasteiger partial charge in [-0.15, -0.1) is 0 Å². The normalized spacial score (nSPS) is 24.8. The average molecular weight is 179 g/mol. The van der Waals surface area contributed by atoms with E-state index in [1.807, 2.05) is 12.1 Å². The van der Waals surface area contributed by atoms with Crippen LogP contribution in [0.5, 0.6) is 5.75 Å². The third-order valence-corrected chi connectivity index (χ3v) is 2.65. The van der Waals surface area contributed by atoms with Crippen molar-refractivity contribution in [1.29, 1.82) is 0 Å². The van der Waals surface area contributed by atoms with Gasteiger partial charge in [0, 0.05) is 0 Å². The Balaban J connectivity index is 0.000000845. The summed E-state index contributed by atoms with van der Waals surface area (Å²) in [6.45, 7) is 2.29. The van der Waals surface area contributed by atoms with Crippen molar-refractivity contribution < 1.29 is 4.74 Å². The molecule has 13 heavy (non-hydrogen) atoms. The van der Waals surface area contributed by atoms with Crippen LogP contribution < -0.4 is 10.9 Å². The molecule has 1 aromatic rings. The molecule has 1 aromatic carbocycles. The summed E-state index contributed by atoms with van der Waals surface area (Å²) < 4.78 is 5.29. The molecule has 0 spiro atoms. The van der Waals surface area contributed by atoms with Crippen LogP contribution in [-0.2, 0) is 0 Å². The van der Waals surface area contributed by atoms with Crippen molar-refractivity contribution in [3.63, 3.8) is 0 Å². The lowest BCUT2D eigenvalue weighted by Gasteiger charge is -2.06. The van der Waals surface area contributed by atoms with E-state index in [1.54, 1.807) is 7.11 Å². The van der Waals surface area contributed by atoms with Crippen molar-refractivity contribution >= 4 is 0 Å². The van der Waals surface area contributed by atoms with Gasteiger partial charge in [-0.3, -0.25) is 0 Å². The summed E-state index contributed by atoms with van der Waals surface area (Å²) in [7, 11) is 1.74. The zero-order valence-electron chi connectivity index (χ0n) is 8.29. The molecular weight excluding hydrogens is 162 g/mol. The van der Waals surface area contributed by atoms with Gasteiger partial charge in [-0.2, -0.15) is 0 Å². The Labute approximate surface area is 79.5 Å². The SMILES string of the molecule is COc1ccccc1C1CC1C.N. The minimum absolute atomic E-state index is 0. The summed E-state index contributed by atoms with van der Waals surface area (Å²) in [5.41, 5.74) is 1.38. The van der Waals surface area contributed by atoms with Gasteiger partial charge in [0.15, 0.2) is 0 Å². The van der Waals surface area contributed by atoms with Gasteiger partial charge < -0.3 is 10.9 Å². The minimum Gasteiger partial charge on any atom is -0.496 e. The molecule has 2 unspecified atom stereocenters. The highest BCUT2D eigenvalue weighted by molar-refractivity contribution is 5.39. The Kier molecular flexibility index (Phi) is 2.94. The molecule has 0 heterocycles. The zero-order valence-corrected chi connectivity index (χ0v) is 8.29. The van der Waals surface area contributed by atoms with Crippen LogP contribution in [0.4, 0.5) is 0 Å². The molecule has 1 aliphatic rings. The van der Waals surface area contributed by atoms with Crippen LogP contribution in [0, 0.1) is 5.92 Å². The topological polar surface area (TPSA) is 44.2 Å². The van der Waals surface area contributed by atoms with Gasteiger partial charge in [0.2, 0.25) is 0 Å². The number of methoxy groups -OCH3 is 1. The lowest BCUT2D eigenvalue weighted by molar-refractivity contribution is 0.409. The molecule has 1 fully saturated rings. The van der Waals surface area contributed by atoms with Crippen molar-refractivity contribution in [3.8, 4) is 5.75 Å². The fraction of sp³-hybridized carbons (Fsp3) is 0.455. The van der Waals surface area contributed by atoms with Gasteiger partial charge in [-0.25, -0.2) is 0 Å². The monoisotopic (exact) mass is 179 g/mol. The predicted octanol–water partition coefficient (Wildman–Crippen LogP) is 2.98. The number of benzene rings is 1. The Morgan fingerprint density at radius 3 is 2.46 bits per heavy atom. The highest BCUT2D eigenvalue weighted by Crippen LogP contribution is 2.49. The number of hydrogen-bond donors (Lipinski definition) is 1. The quantitative estimate of drug-likeness (QED) is 0.758. The molecule has 72 valence electrons. The first-order valence-electron chi connectivity index (χ1n) is 4.46. The van der Waals surface area contributed by atoms with E-state index in [4.69, 9.17) is 4.74 Å². The molecule has 1 aliphatic carbocycles. The molecule has 0 amide bonds. The van der Waals surface area contributed by atoms with E-state index in [9.17, 15) is 0 Å². The Bertz CT molecular complexity index is 285. The largest absolute Gasteiger partial charge is 0.496 e. The highest BCUT2D eigenvalue weighted by atomic mass is 16.5. The van der Waals surface area contributed by atoms with Gasteiger partial charge in [0.05, 0.1) is 7.11 Å². The van der Waals surface area contributed by atoms with E-state index in [2.05, 4.69) is 19.1 Å². The third-order valence-electron chi connectivity index (χ3n) is 2.65. The van der Waals surface area contributed by atoms with Gasteiger partial charge in [-0.1, -0.05) is 25.1 Å². The first-order chi connectivity index (χ1) is 5.83. The Morgan fingerprint density at radius 2 is 1.92 bits per heavy atom. The maximum absolute atomic E-state index is 5.29. The van der Waals surface area contributed by atoms with Crippen LogP contribution in [0.25, 0.3) is 0 Å². The summed E-state index contributed by atoms with van der Waals surface area (Å²) in [4.78, 5) is 0. The second-order valence-electron chi connectivity index (χ2n) is 3.56. The van der Waals surface area contributed by atoms with E-state index in [1.165, 1.54) is 12.0 Å². The summed E-state index contributed by atoms with van der Waals surface area (Å²) in [6.07, 6.45) is 1.32. The van der Waals surface area contributed by atoms with Crippen LogP contribution >= 0.6 is 0 Å². The van der Waals surface area contributed by atoms with Gasteiger partial charge >= 0.3 is 0 Å². The van der Waals surface area contributed by atoms with Crippen LogP contribution in [0.3, 0.4) is 0 Å².